The van der Waals surface area contributed by atoms with E-state index in [4.69, 9.17) is 21.4 Å². The van der Waals surface area contributed by atoms with Crippen LogP contribution in [0.2, 0.25) is 5.02 Å². The highest BCUT2D eigenvalue weighted by Gasteiger charge is 2.38. The van der Waals surface area contributed by atoms with E-state index in [1.165, 1.54) is 11.8 Å². The van der Waals surface area contributed by atoms with Gasteiger partial charge in [0.2, 0.25) is 0 Å². The molecular formula is C18H16ClNO5S. The van der Waals surface area contributed by atoms with E-state index in [0.717, 1.165) is 10.5 Å². The highest BCUT2D eigenvalue weighted by molar-refractivity contribution is 7.99. The molecule has 0 fully saturated rings. The van der Waals surface area contributed by atoms with Crippen molar-refractivity contribution >= 4 is 40.9 Å². The van der Waals surface area contributed by atoms with Gasteiger partial charge in [0, 0.05) is 9.92 Å². The van der Waals surface area contributed by atoms with E-state index >= 15 is 0 Å². The van der Waals surface area contributed by atoms with Gasteiger partial charge in [-0.1, -0.05) is 23.7 Å². The first-order valence-corrected chi connectivity index (χ1v) is 8.98. The van der Waals surface area contributed by atoms with E-state index in [0.29, 0.717) is 21.4 Å². The number of aliphatic hydroxyl groups excluding tert-OH is 1. The summed E-state index contributed by atoms with van der Waals surface area (Å²) in [6, 6.07) is 11.9. The number of aliphatic hydroxyl groups is 1. The fourth-order valence-corrected chi connectivity index (χ4v) is 4.30. The lowest BCUT2D eigenvalue weighted by atomic mass is 10.1. The first kappa shape index (κ1) is 18.6. The predicted octanol–water partition coefficient (Wildman–Crippen LogP) is 2.97. The van der Waals surface area contributed by atoms with Crippen LogP contribution in [-0.4, -0.2) is 41.8 Å². The van der Waals surface area contributed by atoms with Crippen LogP contribution in [0.4, 0.5) is 5.69 Å². The van der Waals surface area contributed by atoms with Crippen LogP contribution in [0.1, 0.15) is 10.8 Å². The number of ether oxygens (including phenoxy) is 1. The van der Waals surface area contributed by atoms with E-state index < -0.39 is 29.8 Å². The number of hydrogen-bond donors (Lipinski definition) is 2. The monoisotopic (exact) mass is 393 g/mol. The number of nitrogens with zero attached hydrogens (tertiary/aromatic N) is 1. The number of methoxy groups -OCH3 is 1. The number of amides is 1. The number of carboxylic acid groups (broad SMARTS) is 1. The molecule has 0 radical (unpaired) electrons. The highest BCUT2D eigenvalue weighted by atomic mass is 35.5. The molecule has 6 nitrogen and oxygen atoms in total. The number of aliphatic carboxylic acids is 1. The van der Waals surface area contributed by atoms with Crippen LogP contribution in [0.25, 0.3) is 0 Å². The average Bonchev–Trinajstić information content (AvgIpc) is 2.72. The molecule has 1 heterocycles. The minimum absolute atomic E-state index is 0.418. The summed E-state index contributed by atoms with van der Waals surface area (Å²) in [7, 11) is 1.55. The molecule has 3 rings (SSSR count). The molecule has 0 bridgehead atoms. The van der Waals surface area contributed by atoms with E-state index in [2.05, 4.69) is 0 Å². The summed E-state index contributed by atoms with van der Waals surface area (Å²) in [5.74, 6) is -1.18. The number of fused-ring (bicyclic) bond motifs is 1. The molecule has 2 atom stereocenters. The molecule has 1 aliphatic heterocycles. The number of halogens is 1. The van der Waals surface area contributed by atoms with Crippen molar-refractivity contribution in [3.05, 3.63) is 53.1 Å². The lowest BCUT2D eigenvalue weighted by Crippen LogP contribution is -2.43. The minimum Gasteiger partial charge on any atom is -0.497 e. The van der Waals surface area contributed by atoms with Gasteiger partial charge in [-0.25, -0.2) is 0 Å². The fourth-order valence-electron chi connectivity index (χ4n) is 2.76. The van der Waals surface area contributed by atoms with Crippen LogP contribution in [0.15, 0.2) is 47.4 Å². The van der Waals surface area contributed by atoms with Crippen LogP contribution in [0.5, 0.6) is 5.75 Å². The molecular weight excluding hydrogens is 378 g/mol. The average molecular weight is 394 g/mol. The van der Waals surface area contributed by atoms with Crippen molar-refractivity contribution in [2.75, 3.05) is 18.6 Å². The van der Waals surface area contributed by atoms with Gasteiger partial charge in [0.25, 0.3) is 5.91 Å². The number of carboxylic acids is 1. The smallest absolute Gasteiger partial charge is 0.323 e. The molecule has 0 spiro atoms. The van der Waals surface area contributed by atoms with Gasteiger partial charge >= 0.3 is 5.97 Å². The number of benzene rings is 2. The maximum Gasteiger partial charge on any atom is 0.323 e. The third-order valence-electron chi connectivity index (χ3n) is 4.01. The summed E-state index contributed by atoms with van der Waals surface area (Å²) in [5, 5.41) is 19.7. The zero-order valence-electron chi connectivity index (χ0n) is 13.8. The third-order valence-corrected chi connectivity index (χ3v) is 5.61. The van der Waals surface area contributed by atoms with E-state index in [-0.39, 0.29) is 0 Å². The first-order chi connectivity index (χ1) is 12.4. The quantitative estimate of drug-likeness (QED) is 0.830. The van der Waals surface area contributed by atoms with Crippen LogP contribution < -0.4 is 9.64 Å². The van der Waals surface area contributed by atoms with E-state index in [1.54, 1.807) is 49.6 Å². The van der Waals surface area contributed by atoms with Gasteiger partial charge in [-0.05, 0) is 35.9 Å². The van der Waals surface area contributed by atoms with Crippen molar-refractivity contribution in [2.24, 2.45) is 0 Å². The maximum atomic E-state index is 12.8. The first-order valence-electron chi connectivity index (χ1n) is 7.72. The van der Waals surface area contributed by atoms with Gasteiger partial charge in [0.15, 0.2) is 0 Å². The molecule has 0 aliphatic carbocycles. The largest absolute Gasteiger partial charge is 0.497 e. The number of hydrogen-bond acceptors (Lipinski definition) is 5. The van der Waals surface area contributed by atoms with Crippen LogP contribution in [-0.2, 0) is 9.59 Å². The molecule has 1 aliphatic rings. The summed E-state index contributed by atoms with van der Waals surface area (Å²) in [6.07, 6.45) is -1.40. The Bertz CT molecular complexity index is 842. The minimum atomic E-state index is -1.40. The Hall–Kier alpha value is -2.22. The Kier molecular flexibility index (Phi) is 5.41. The number of carbonyl (C=O) groups is 2. The molecule has 2 N–H and O–H groups in total. The van der Waals surface area contributed by atoms with Crippen LogP contribution in [0, 0.1) is 0 Å². The Labute approximate surface area is 159 Å². The SMILES string of the molecule is COc1ccc(C2Sc3cc(Cl)ccc3N(CC(=O)O)C(=O)C2O)cc1. The van der Waals surface area contributed by atoms with Crippen molar-refractivity contribution in [1.82, 2.24) is 0 Å². The predicted molar refractivity (Wildman–Crippen MR) is 99.0 cm³/mol. The molecule has 0 saturated heterocycles. The maximum absolute atomic E-state index is 12.8. The van der Waals surface area contributed by atoms with Crippen molar-refractivity contribution < 1.29 is 24.5 Å². The van der Waals surface area contributed by atoms with Gasteiger partial charge in [-0.2, -0.15) is 0 Å². The summed E-state index contributed by atoms with van der Waals surface area (Å²) >= 11 is 7.35. The number of carbonyl (C=O) groups excluding carboxylic acids is 1. The number of anilines is 1. The number of rotatable bonds is 4. The Morgan fingerprint density at radius 1 is 1.27 bits per heavy atom. The second-order valence-corrected chi connectivity index (χ2v) is 7.31. The molecule has 26 heavy (non-hydrogen) atoms. The molecule has 0 saturated carbocycles. The van der Waals surface area contributed by atoms with Crippen molar-refractivity contribution in [2.45, 2.75) is 16.2 Å². The summed E-state index contributed by atoms with van der Waals surface area (Å²) in [4.78, 5) is 25.7. The summed E-state index contributed by atoms with van der Waals surface area (Å²) in [5.41, 5.74) is 1.14. The van der Waals surface area contributed by atoms with Gasteiger partial charge in [-0.3, -0.25) is 14.5 Å². The van der Waals surface area contributed by atoms with Gasteiger partial charge in [-0.15, -0.1) is 11.8 Å². The van der Waals surface area contributed by atoms with Crippen molar-refractivity contribution in [1.29, 1.82) is 0 Å². The van der Waals surface area contributed by atoms with Gasteiger partial charge < -0.3 is 14.9 Å². The topological polar surface area (TPSA) is 87.1 Å². The third kappa shape index (κ3) is 3.65. The van der Waals surface area contributed by atoms with Gasteiger partial charge in [0.1, 0.15) is 18.4 Å². The van der Waals surface area contributed by atoms with Crippen LogP contribution in [0.3, 0.4) is 0 Å². The zero-order chi connectivity index (χ0) is 18.8. The second-order valence-electron chi connectivity index (χ2n) is 5.69. The number of thioether (sulfide) groups is 1. The lowest BCUT2D eigenvalue weighted by Gasteiger charge is -2.23. The van der Waals surface area contributed by atoms with Crippen molar-refractivity contribution in [3.8, 4) is 5.75 Å². The molecule has 2 aromatic rings. The Morgan fingerprint density at radius 2 is 1.96 bits per heavy atom. The second kappa shape index (κ2) is 7.57. The van der Waals surface area contributed by atoms with Crippen LogP contribution >= 0.6 is 23.4 Å². The molecule has 2 unspecified atom stereocenters. The molecule has 0 aromatic heterocycles. The molecule has 8 heteroatoms. The fraction of sp³-hybridized carbons (Fsp3) is 0.222. The molecule has 136 valence electrons. The molecule has 2 aromatic carbocycles. The summed E-state index contributed by atoms with van der Waals surface area (Å²) < 4.78 is 5.13. The standard InChI is InChI=1S/C18H16ClNO5S/c1-25-12-5-2-10(3-6-12)17-16(23)18(24)20(9-15(21)22)13-7-4-11(19)8-14(13)26-17/h2-8,16-17,23H,9H2,1H3,(H,21,22). The lowest BCUT2D eigenvalue weighted by molar-refractivity contribution is -0.137. The normalized spacial score (nSPS) is 19.7. The van der Waals surface area contributed by atoms with E-state index in [1.807, 2.05) is 0 Å². The highest BCUT2D eigenvalue weighted by Crippen LogP contribution is 2.46. The Balaban J connectivity index is 2.06. The molecule has 1 amide bonds. The zero-order valence-corrected chi connectivity index (χ0v) is 15.3. The summed E-state index contributed by atoms with van der Waals surface area (Å²) in [6.45, 7) is -0.541. The van der Waals surface area contributed by atoms with Gasteiger partial charge in [0.05, 0.1) is 18.0 Å². The van der Waals surface area contributed by atoms with Crippen molar-refractivity contribution in [3.63, 3.8) is 0 Å². The Morgan fingerprint density at radius 3 is 2.58 bits per heavy atom. The van der Waals surface area contributed by atoms with E-state index in [9.17, 15) is 14.7 Å².